The van der Waals surface area contributed by atoms with Crippen LogP contribution in [0.2, 0.25) is 0 Å². The zero-order chi connectivity index (χ0) is 15.3. The molecule has 1 aromatic rings. The van der Waals surface area contributed by atoms with Crippen molar-refractivity contribution in [3.8, 4) is 17.2 Å². The molecule has 0 spiro atoms. The van der Waals surface area contributed by atoms with Crippen molar-refractivity contribution in [1.29, 1.82) is 0 Å². The molecule has 0 aliphatic heterocycles. The third kappa shape index (κ3) is 4.01. The molecule has 1 rings (SSSR count). The summed E-state index contributed by atoms with van der Waals surface area (Å²) in [4.78, 5) is 0. The van der Waals surface area contributed by atoms with Crippen molar-refractivity contribution in [3.63, 3.8) is 0 Å². The number of ether oxygens (including phenoxy) is 3. The first kappa shape index (κ1) is 16.6. The monoisotopic (exact) mass is 303 g/mol. The van der Waals surface area contributed by atoms with Crippen LogP contribution in [-0.4, -0.2) is 41.8 Å². The molecule has 0 radical (unpaired) electrons. The second-order valence-electron chi connectivity index (χ2n) is 4.45. The smallest absolute Gasteiger partial charge is 0.203 e. The molecule has 0 aliphatic rings. The van der Waals surface area contributed by atoms with E-state index in [2.05, 4.69) is 0 Å². The van der Waals surface area contributed by atoms with Crippen LogP contribution in [0.25, 0.3) is 0 Å². The highest BCUT2D eigenvalue weighted by atomic mass is 32.2. The summed E-state index contributed by atoms with van der Waals surface area (Å²) in [6, 6.07) is 3.02. The minimum atomic E-state index is -3.05. The van der Waals surface area contributed by atoms with Gasteiger partial charge >= 0.3 is 0 Å². The van der Waals surface area contributed by atoms with Gasteiger partial charge in [0.05, 0.1) is 27.1 Å². The number of sulfone groups is 1. The zero-order valence-electron chi connectivity index (χ0n) is 12.2. The lowest BCUT2D eigenvalue weighted by Crippen LogP contribution is -2.16. The van der Waals surface area contributed by atoms with Gasteiger partial charge in [0.15, 0.2) is 11.5 Å². The van der Waals surface area contributed by atoms with E-state index in [1.807, 2.05) is 0 Å². The third-order valence-electron chi connectivity index (χ3n) is 2.93. The lowest BCUT2D eigenvalue weighted by atomic mass is 10.0. The van der Waals surface area contributed by atoms with E-state index in [1.54, 1.807) is 12.1 Å². The van der Waals surface area contributed by atoms with E-state index in [0.717, 1.165) is 0 Å². The molecule has 0 heterocycles. The largest absolute Gasteiger partial charge is 0.493 e. The van der Waals surface area contributed by atoms with Crippen LogP contribution in [0.4, 0.5) is 0 Å². The minimum absolute atomic E-state index is 0.0195. The molecule has 1 atom stereocenters. The van der Waals surface area contributed by atoms with Gasteiger partial charge in [0, 0.05) is 17.9 Å². The number of benzene rings is 1. The fraction of sp³-hybridized carbons (Fsp3) is 0.538. The number of rotatable bonds is 7. The van der Waals surface area contributed by atoms with E-state index in [1.165, 1.54) is 27.6 Å². The van der Waals surface area contributed by atoms with Crippen LogP contribution in [0.5, 0.6) is 17.2 Å². The summed E-state index contributed by atoms with van der Waals surface area (Å²) in [5.74, 6) is 1.46. The number of methoxy groups -OCH3 is 3. The quantitative estimate of drug-likeness (QED) is 0.813. The summed E-state index contributed by atoms with van der Waals surface area (Å²) in [6.07, 6.45) is 1.50. The highest BCUT2D eigenvalue weighted by Crippen LogP contribution is 2.42. The van der Waals surface area contributed by atoms with Crippen molar-refractivity contribution in [2.75, 3.05) is 33.3 Å². The fourth-order valence-corrected chi connectivity index (χ4v) is 2.60. The molecule has 0 bridgehead atoms. The predicted octanol–water partition coefficient (Wildman–Crippen LogP) is 1.15. The second-order valence-corrected chi connectivity index (χ2v) is 6.71. The van der Waals surface area contributed by atoms with Gasteiger partial charge in [-0.2, -0.15) is 0 Å². The summed E-state index contributed by atoms with van der Waals surface area (Å²) >= 11 is 0. The first-order valence-corrected chi connectivity index (χ1v) is 8.12. The first-order chi connectivity index (χ1) is 9.34. The van der Waals surface area contributed by atoms with E-state index < -0.39 is 15.9 Å². The van der Waals surface area contributed by atoms with Gasteiger partial charge in [0.1, 0.15) is 9.84 Å². The Labute approximate surface area is 119 Å². The van der Waals surface area contributed by atoms with E-state index >= 15 is 0 Å². The van der Waals surface area contributed by atoms with Crippen molar-refractivity contribution in [2.24, 2.45) is 5.73 Å². The van der Waals surface area contributed by atoms with E-state index in [0.29, 0.717) is 29.2 Å². The summed E-state index contributed by atoms with van der Waals surface area (Å²) < 4.78 is 38.2. The molecule has 1 unspecified atom stereocenters. The summed E-state index contributed by atoms with van der Waals surface area (Å²) in [6.45, 7) is 0. The highest BCUT2D eigenvalue weighted by Gasteiger charge is 2.20. The Morgan fingerprint density at radius 2 is 1.70 bits per heavy atom. The van der Waals surface area contributed by atoms with Gasteiger partial charge in [-0.3, -0.25) is 0 Å². The molecular formula is C13H21NO5S. The molecule has 0 amide bonds. The van der Waals surface area contributed by atoms with Crippen molar-refractivity contribution in [2.45, 2.75) is 12.5 Å². The summed E-state index contributed by atoms with van der Waals surface area (Å²) in [5, 5.41) is 0. The van der Waals surface area contributed by atoms with Crippen LogP contribution >= 0.6 is 0 Å². The molecule has 0 saturated carbocycles. The lowest BCUT2D eigenvalue weighted by molar-refractivity contribution is 0.320. The van der Waals surface area contributed by atoms with Gasteiger partial charge in [0.25, 0.3) is 0 Å². The van der Waals surface area contributed by atoms with Crippen LogP contribution in [-0.2, 0) is 9.84 Å². The van der Waals surface area contributed by atoms with Crippen molar-refractivity contribution < 1.29 is 22.6 Å². The Balaban J connectivity index is 3.11. The molecule has 2 N–H and O–H groups in total. The summed E-state index contributed by atoms with van der Waals surface area (Å²) in [5.41, 5.74) is 6.74. The summed E-state index contributed by atoms with van der Waals surface area (Å²) in [7, 11) is 1.49. The molecule has 7 heteroatoms. The van der Waals surface area contributed by atoms with Gasteiger partial charge in [-0.05, 0) is 18.6 Å². The maximum absolute atomic E-state index is 11.2. The van der Waals surface area contributed by atoms with Gasteiger partial charge in [-0.25, -0.2) is 8.42 Å². The second kappa shape index (κ2) is 6.81. The molecule has 114 valence electrons. The fourth-order valence-electron chi connectivity index (χ4n) is 1.91. The van der Waals surface area contributed by atoms with Crippen LogP contribution in [0, 0.1) is 0 Å². The van der Waals surface area contributed by atoms with E-state index in [4.69, 9.17) is 19.9 Å². The van der Waals surface area contributed by atoms with Gasteiger partial charge in [-0.15, -0.1) is 0 Å². The molecule has 0 aromatic heterocycles. The van der Waals surface area contributed by atoms with Gasteiger partial charge in [-0.1, -0.05) is 0 Å². The third-order valence-corrected chi connectivity index (χ3v) is 3.91. The van der Waals surface area contributed by atoms with Gasteiger partial charge in [0.2, 0.25) is 5.75 Å². The Kier molecular flexibility index (Phi) is 5.64. The molecule has 6 nitrogen and oxygen atoms in total. The molecule has 0 aliphatic carbocycles. The first-order valence-electron chi connectivity index (χ1n) is 6.06. The van der Waals surface area contributed by atoms with Crippen molar-refractivity contribution in [1.82, 2.24) is 0 Å². The number of hydrogen-bond donors (Lipinski definition) is 1. The lowest BCUT2D eigenvalue weighted by Gasteiger charge is -2.19. The Morgan fingerprint density at radius 3 is 2.15 bits per heavy atom. The molecule has 20 heavy (non-hydrogen) atoms. The predicted molar refractivity (Wildman–Crippen MR) is 77.4 cm³/mol. The van der Waals surface area contributed by atoms with Crippen LogP contribution < -0.4 is 19.9 Å². The molecule has 0 fully saturated rings. The minimum Gasteiger partial charge on any atom is -0.493 e. The van der Waals surface area contributed by atoms with E-state index in [9.17, 15) is 8.42 Å². The average Bonchev–Trinajstić information content (AvgIpc) is 2.41. The van der Waals surface area contributed by atoms with Crippen LogP contribution in [0.15, 0.2) is 12.1 Å². The number of hydrogen-bond acceptors (Lipinski definition) is 6. The SMILES string of the molecule is COc1ccc(C(N)CCS(C)(=O)=O)c(OC)c1OC. The molecule has 0 saturated heterocycles. The van der Waals surface area contributed by atoms with Crippen LogP contribution in [0.1, 0.15) is 18.0 Å². The standard InChI is InChI=1S/C13H21NO5S/c1-17-11-6-5-9(12(18-2)13(11)19-3)10(14)7-8-20(4,15)16/h5-6,10H,7-8,14H2,1-4H3. The topological polar surface area (TPSA) is 87.9 Å². The molecular weight excluding hydrogens is 282 g/mol. The maximum atomic E-state index is 11.2. The van der Waals surface area contributed by atoms with E-state index in [-0.39, 0.29) is 5.75 Å². The zero-order valence-corrected chi connectivity index (χ0v) is 13.0. The number of nitrogens with two attached hydrogens (primary N) is 1. The van der Waals surface area contributed by atoms with Gasteiger partial charge < -0.3 is 19.9 Å². The maximum Gasteiger partial charge on any atom is 0.203 e. The van der Waals surface area contributed by atoms with Crippen molar-refractivity contribution >= 4 is 9.84 Å². The normalized spacial score (nSPS) is 12.8. The average molecular weight is 303 g/mol. The Hall–Kier alpha value is -1.47. The molecule has 1 aromatic carbocycles. The Morgan fingerprint density at radius 1 is 1.10 bits per heavy atom. The van der Waals surface area contributed by atoms with Crippen LogP contribution in [0.3, 0.4) is 0 Å². The Bertz CT molecular complexity index is 556. The van der Waals surface area contributed by atoms with Crippen molar-refractivity contribution in [3.05, 3.63) is 17.7 Å². The highest BCUT2D eigenvalue weighted by molar-refractivity contribution is 7.90.